The summed E-state index contributed by atoms with van der Waals surface area (Å²) in [6.45, 7) is 3.27. The van der Waals surface area contributed by atoms with Gasteiger partial charge in [0.15, 0.2) is 9.84 Å². The first-order valence-corrected chi connectivity index (χ1v) is 8.51. The van der Waals surface area contributed by atoms with Gasteiger partial charge in [0.05, 0.1) is 9.79 Å². The molecule has 0 atom stereocenters. The van der Waals surface area contributed by atoms with Crippen molar-refractivity contribution in [2.45, 2.75) is 9.79 Å². The van der Waals surface area contributed by atoms with Crippen LogP contribution in [0.3, 0.4) is 0 Å². The Kier molecular flexibility index (Phi) is 4.55. The van der Waals surface area contributed by atoms with E-state index in [0.29, 0.717) is 0 Å². The smallest absolute Gasteiger partial charge is 0.224 e. The van der Waals surface area contributed by atoms with Gasteiger partial charge in [0.1, 0.15) is 0 Å². The second kappa shape index (κ2) is 5.40. The third-order valence-electron chi connectivity index (χ3n) is 2.02. The van der Waals surface area contributed by atoms with Crippen LogP contribution < -0.4 is 4.72 Å². The topological polar surface area (TPSA) is 80.3 Å². The van der Waals surface area contributed by atoms with E-state index in [-0.39, 0.29) is 21.4 Å². The van der Waals surface area contributed by atoms with Crippen molar-refractivity contribution in [1.29, 1.82) is 0 Å². The van der Waals surface area contributed by atoms with E-state index in [1.54, 1.807) is 0 Å². The summed E-state index contributed by atoms with van der Waals surface area (Å²) in [4.78, 5) is 0.0241. The molecule has 0 aliphatic rings. The molecule has 0 unspecified atom stereocenters. The van der Waals surface area contributed by atoms with Crippen molar-refractivity contribution in [3.8, 4) is 0 Å². The fraction of sp³-hybridized carbons (Fsp3) is 0.200. The van der Waals surface area contributed by atoms with Crippen molar-refractivity contribution in [1.82, 2.24) is 4.72 Å². The van der Waals surface area contributed by atoms with Crippen molar-refractivity contribution >= 4 is 31.5 Å². The normalized spacial score (nSPS) is 12.3. The molecule has 0 saturated heterocycles. The molecule has 0 bridgehead atoms. The number of halogens is 1. The molecule has 1 aromatic carbocycles. The number of hydrogen-bond donors (Lipinski definition) is 1. The summed E-state index contributed by atoms with van der Waals surface area (Å²) in [5.41, 5.74) is 0. The van der Waals surface area contributed by atoms with Crippen molar-refractivity contribution in [3.05, 3.63) is 35.9 Å². The van der Waals surface area contributed by atoms with E-state index in [0.717, 1.165) is 6.26 Å². The highest BCUT2D eigenvalue weighted by molar-refractivity contribution is 7.90. The standard InChI is InChI=1S/C10H12ClNO4S2/c1-8(11)7-12-18(15,16)10-5-3-9(4-6-10)17(2,13)14/h3-6,12H,1,7H2,2H3. The minimum Gasteiger partial charge on any atom is -0.224 e. The number of rotatable bonds is 5. The molecular weight excluding hydrogens is 298 g/mol. The van der Waals surface area contributed by atoms with E-state index in [9.17, 15) is 16.8 Å². The first-order chi connectivity index (χ1) is 8.13. The van der Waals surface area contributed by atoms with Gasteiger partial charge in [-0.25, -0.2) is 21.6 Å². The van der Waals surface area contributed by atoms with Crippen LogP contribution in [0.5, 0.6) is 0 Å². The summed E-state index contributed by atoms with van der Waals surface area (Å²) in [6, 6.07) is 4.91. The maximum Gasteiger partial charge on any atom is 0.240 e. The van der Waals surface area contributed by atoms with Crippen LogP contribution in [0.1, 0.15) is 0 Å². The van der Waals surface area contributed by atoms with Gasteiger partial charge in [-0.15, -0.1) is 0 Å². The third kappa shape index (κ3) is 4.09. The molecule has 5 nitrogen and oxygen atoms in total. The maximum atomic E-state index is 11.7. The zero-order chi connectivity index (χ0) is 14.0. The number of benzene rings is 1. The van der Waals surface area contributed by atoms with Gasteiger partial charge in [-0.05, 0) is 24.3 Å². The van der Waals surface area contributed by atoms with Crippen LogP contribution >= 0.6 is 11.6 Å². The highest BCUT2D eigenvalue weighted by Gasteiger charge is 2.15. The van der Waals surface area contributed by atoms with E-state index in [1.165, 1.54) is 24.3 Å². The predicted octanol–water partition coefficient (Wildman–Crippen LogP) is 1.12. The lowest BCUT2D eigenvalue weighted by Gasteiger charge is -2.06. The zero-order valence-corrected chi connectivity index (χ0v) is 11.9. The zero-order valence-electron chi connectivity index (χ0n) is 9.55. The SMILES string of the molecule is C=C(Cl)CNS(=O)(=O)c1ccc(S(C)(=O)=O)cc1. The Labute approximate surface area is 111 Å². The molecule has 1 aromatic rings. The molecule has 0 amide bonds. The molecule has 0 saturated carbocycles. The van der Waals surface area contributed by atoms with Gasteiger partial charge in [-0.2, -0.15) is 0 Å². The van der Waals surface area contributed by atoms with Gasteiger partial charge < -0.3 is 0 Å². The first kappa shape index (κ1) is 15.2. The van der Waals surface area contributed by atoms with E-state index in [1.807, 2.05) is 0 Å². The number of sulfone groups is 1. The number of nitrogens with one attached hydrogen (secondary N) is 1. The minimum atomic E-state index is -3.71. The summed E-state index contributed by atoms with van der Waals surface area (Å²) in [5.74, 6) is 0. The van der Waals surface area contributed by atoms with Gasteiger partial charge in [-0.3, -0.25) is 0 Å². The first-order valence-electron chi connectivity index (χ1n) is 4.76. The molecule has 0 aliphatic carbocycles. The summed E-state index contributed by atoms with van der Waals surface area (Å²) < 4.78 is 48.1. The second-order valence-corrected chi connectivity index (χ2v) is 7.90. The van der Waals surface area contributed by atoms with Gasteiger partial charge >= 0.3 is 0 Å². The van der Waals surface area contributed by atoms with Crippen molar-refractivity contribution < 1.29 is 16.8 Å². The van der Waals surface area contributed by atoms with Crippen LogP contribution in [0.2, 0.25) is 0 Å². The molecule has 0 radical (unpaired) electrons. The van der Waals surface area contributed by atoms with Gasteiger partial charge in [0.25, 0.3) is 0 Å². The van der Waals surface area contributed by atoms with E-state index >= 15 is 0 Å². The second-order valence-electron chi connectivity index (χ2n) is 3.59. The molecule has 1 N–H and O–H groups in total. The van der Waals surface area contributed by atoms with E-state index in [4.69, 9.17) is 11.6 Å². The molecule has 100 valence electrons. The summed E-state index contributed by atoms with van der Waals surface area (Å²) in [5, 5.41) is 0.159. The Hall–Kier alpha value is -0.890. The van der Waals surface area contributed by atoms with Gasteiger partial charge in [0.2, 0.25) is 10.0 Å². The monoisotopic (exact) mass is 309 g/mol. The van der Waals surface area contributed by atoms with Crippen molar-refractivity contribution in [2.75, 3.05) is 12.8 Å². The number of hydrogen-bond acceptors (Lipinski definition) is 4. The van der Waals surface area contributed by atoms with Crippen LogP contribution in [-0.2, 0) is 19.9 Å². The molecule has 0 spiro atoms. The Balaban J connectivity index is 3.02. The summed E-state index contributed by atoms with van der Waals surface area (Å²) in [6.07, 6.45) is 1.05. The average molecular weight is 310 g/mol. The Bertz CT molecular complexity index is 648. The van der Waals surface area contributed by atoms with Crippen LogP contribution in [0.15, 0.2) is 45.7 Å². The van der Waals surface area contributed by atoms with E-state index in [2.05, 4.69) is 11.3 Å². The van der Waals surface area contributed by atoms with Crippen LogP contribution in [0.4, 0.5) is 0 Å². The highest BCUT2D eigenvalue weighted by Crippen LogP contribution is 2.14. The van der Waals surface area contributed by atoms with Crippen LogP contribution in [0, 0.1) is 0 Å². The summed E-state index contributed by atoms with van der Waals surface area (Å²) >= 11 is 5.46. The average Bonchev–Trinajstić information content (AvgIpc) is 2.26. The largest absolute Gasteiger partial charge is 0.240 e. The van der Waals surface area contributed by atoms with Gasteiger partial charge in [0, 0.05) is 17.8 Å². The predicted molar refractivity (Wildman–Crippen MR) is 69.7 cm³/mol. The van der Waals surface area contributed by atoms with Crippen LogP contribution in [0.25, 0.3) is 0 Å². The van der Waals surface area contributed by atoms with E-state index < -0.39 is 19.9 Å². The number of sulfonamides is 1. The fourth-order valence-corrected chi connectivity index (χ4v) is 2.92. The Morgan fingerprint density at radius 3 is 2.00 bits per heavy atom. The van der Waals surface area contributed by atoms with Gasteiger partial charge in [-0.1, -0.05) is 18.2 Å². The molecule has 0 aromatic heterocycles. The molecule has 0 aliphatic heterocycles. The molecule has 0 heterocycles. The van der Waals surface area contributed by atoms with Crippen LogP contribution in [-0.4, -0.2) is 29.6 Å². The Morgan fingerprint density at radius 2 is 1.61 bits per heavy atom. The molecule has 1 rings (SSSR count). The quantitative estimate of drug-likeness (QED) is 0.884. The molecule has 0 fully saturated rings. The lowest BCUT2D eigenvalue weighted by atomic mass is 10.4. The van der Waals surface area contributed by atoms with Crippen molar-refractivity contribution in [2.24, 2.45) is 0 Å². The molecule has 8 heteroatoms. The maximum absolute atomic E-state index is 11.7. The lowest BCUT2D eigenvalue weighted by molar-refractivity contribution is 0.584. The molecule has 18 heavy (non-hydrogen) atoms. The highest BCUT2D eigenvalue weighted by atomic mass is 35.5. The fourth-order valence-electron chi connectivity index (χ4n) is 1.12. The molecular formula is C10H12ClNO4S2. The minimum absolute atomic E-state index is 0.0344. The summed E-state index contributed by atoms with van der Waals surface area (Å²) in [7, 11) is -7.05. The Morgan fingerprint density at radius 1 is 1.17 bits per heavy atom. The van der Waals surface area contributed by atoms with Crippen molar-refractivity contribution in [3.63, 3.8) is 0 Å². The lowest BCUT2D eigenvalue weighted by Crippen LogP contribution is -2.24. The third-order valence-corrected chi connectivity index (χ3v) is 4.70.